The number of nitrogens with zero attached hydrogens (tertiary/aromatic N) is 2. The number of hydrogen-bond donors (Lipinski definition) is 2. The number of aliphatic hydroxyl groups excluding tert-OH is 1. The van der Waals surface area contributed by atoms with E-state index in [-0.39, 0.29) is 11.5 Å². The molecule has 2 atom stereocenters. The molecule has 0 amide bonds. The molecule has 2 unspecified atom stereocenters. The molecule has 3 N–H and O–H groups in total. The van der Waals surface area contributed by atoms with Gasteiger partial charge in [-0.2, -0.15) is 5.10 Å². The van der Waals surface area contributed by atoms with Crippen LogP contribution < -0.4 is 5.73 Å². The predicted octanol–water partition coefficient (Wildman–Crippen LogP) is 2.29. The standard InChI is InChI=1S/C14H24ClN3O/c1-3-18-11(13(15)10(2)17-18)8-14(9-16)7-5-4-6-12(14)19/h12,19H,3-9,16H2,1-2H3. The van der Waals surface area contributed by atoms with Crippen molar-refractivity contribution in [2.75, 3.05) is 6.54 Å². The van der Waals surface area contributed by atoms with Gasteiger partial charge < -0.3 is 10.8 Å². The average molecular weight is 286 g/mol. The van der Waals surface area contributed by atoms with Crippen molar-refractivity contribution in [2.45, 2.75) is 58.6 Å². The molecule has 4 nitrogen and oxygen atoms in total. The first-order valence-electron chi connectivity index (χ1n) is 7.14. The van der Waals surface area contributed by atoms with E-state index in [4.69, 9.17) is 17.3 Å². The predicted molar refractivity (Wildman–Crippen MR) is 77.3 cm³/mol. The highest BCUT2D eigenvalue weighted by Gasteiger charge is 2.40. The van der Waals surface area contributed by atoms with Crippen molar-refractivity contribution < 1.29 is 5.11 Å². The monoisotopic (exact) mass is 285 g/mol. The topological polar surface area (TPSA) is 64.1 Å². The summed E-state index contributed by atoms with van der Waals surface area (Å²) in [6, 6.07) is 0. The summed E-state index contributed by atoms with van der Waals surface area (Å²) in [6.45, 7) is 5.27. The van der Waals surface area contributed by atoms with Crippen LogP contribution in [0.5, 0.6) is 0 Å². The Morgan fingerprint density at radius 3 is 2.84 bits per heavy atom. The third-order valence-electron chi connectivity index (χ3n) is 4.49. The van der Waals surface area contributed by atoms with Crippen molar-refractivity contribution in [1.29, 1.82) is 0 Å². The van der Waals surface area contributed by atoms with E-state index in [0.717, 1.165) is 55.1 Å². The minimum atomic E-state index is -0.331. The maximum Gasteiger partial charge on any atom is 0.0847 e. The van der Waals surface area contributed by atoms with Crippen molar-refractivity contribution in [1.82, 2.24) is 9.78 Å². The Morgan fingerprint density at radius 2 is 2.26 bits per heavy atom. The fraction of sp³-hybridized carbons (Fsp3) is 0.786. The molecule has 0 saturated heterocycles. The molecule has 1 aliphatic carbocycles. The van der Waals surface area contributed by atoms with E-state index in [2.05, 4.69) is 12.0 Å². The van der Waals surface area contributed by atoms with E-state index in [9.17, 15) is 5.11 Å². The van der Waals surface area contributed by atoms with Crippen LogP contribution in [0.4, 0.5) is 0 Å². The average Bonchev–Trinajstić information content (AvgIpc) is 2.69. The van der Waals surface area contributed by atoms with Crippen molar-refractivity contribution in [3.63, 3.8) is 0 Å². The van der Waals surface area contributed by atoms with Crippen LogP contribution >= 0.6 is 11.6 Å². The van der Waals surface area contributed by atoms with E-state index >= 15 is 0 Å². The van der Waals surface area contributed by atoms with Crippen LogP contribution in [-0.2, 0) is 13.0 Å². The summed E-state index contributed by atoms with van der Waals surface area (Å²) < 4.78 is 1.94. The second-order valence-electron chi connectivity index (χ2n) is 5.67. The zero-order valence-corrected chi connectivity index (χ0v) is 12.6. The Kier molecular flexibility index (Phi) is 4.54. The number of halogens is 1. The smallest absolute Gasteiger partial charge is 0.0847 e. The molecule has 1 aromatic rings. The van der Waals surface area contributed by atoms with Crippen LogP contribution in [0.15, 0.2) is 0 Å². The van der Waals surface area contributed by atoms with Crippen LogP contribution in [0.3, 0.4) is 0 Å². The zero-order chi connectivity index (χ0) is 14.0. The highest BCUT2D eigenvalue weighted by atomic mass is 35.5. The summed E-state index contributed by atoms with van der Waals surface area (Å²) in [5.41, 5.74) is 7.64. The molecule has 0 radical (unpaired) electrons. The minimum Gasteiger partial charge on any atom is -0.392 e. The molecular formula is C14H24ClN3O. The third kappa shape index (κ3) is 2.67. The van der Waals surface area contributed by atoms with E-state index in [1.807, 2.05) is 11.6 Å². The number of hydrogen-bond acceptors (Lipinski definition) is 3. The molecule has 0 spiro atoms. The maximum absolute atomic E-state index is 10.4. The van der Waals surface area contributed by atoms with Gasteiger partial charge in [0.05, 0.1) is 22.5 Å². The molecular weight excluding hydrogens is 262 g/mol. The zero-order valence-electron chi connectivity index (χ0n) is 11.8. The fourth-order valence-electron chi connectivity index (χ4n) is 3.18. The lowest BCUT2D eigenvalue weighted by molar-refractivity contribution is -0.00704. The van der Waals surface area contributed by atoms with E-state index in [0.29, 0.717) is 6.54 Å². The summed E-state index contributed by atoms with van der Waals surface area (Å²) in [7, 11) is 0. The van der Waals surface area contributed by atoms with Gasteiger partial charge in [-0.05, 0) is 26.7 Å². The first kappa shape index (κ1) is 14.8. The largest absolute Gasteiger partial charge is 0.392 e. The van der Waals surface area contributed by atoms with Gasteiger partial charge in [0.2, 0.25) is 0 Å². The Bertz CT molecular complexity index is 446. The summed E-state index contributed by atoms with van der Waals surface area (Å²) in [4.78, 5) is 0. The molecule has 1 aliphatic rings. The molecule has 108 valence electrons. The van der Waals surface area contributed by atoms with Gasteiger partial charge >= 0.3 is 0 Å². The number of aliphatic hydroxyl groups is 1. The minimum absolute atomic E-state index is 0.235. The SMILES string of the molecule is CCn1nc(C)c(Cl)c1CC1(CN)CCCCC1O. The number of aromatic nitrogens is 2. The van der Waals surface area contributed by atoms with E-state index < -0.39 is 0 Å². The van der Waals surface area contributed by atoms with E-state index in [1.165, 1.54) is 0 Å². The van der Waals surface area contributed by atoms with Gasteiger partial charge in [-0.15, -0.1) is 0 Å². The highest BCUT2D eigenvalue weighted by molar-refractivity contribution is 6.31. The van der Waals surface area contributed by atoms with Crippen molar-refractivity contribution in [3.8, 4) is 0 Å². The molecule has 1 fully saturated rings. The Balaban J connectivity index is 2.32. The van der Waals surface area contributed by atoms with Crippen molar-refractivity contribution >= 4 is 11.6 Å². The lowest BCUT2D eigenvalue weighted by Gasteiger charge is -2.41. The molecule has 0 aromatic carbocycles. The summed E-state index contributed by atoms with van der Waals surface area (Å²) in [5.74, 6) is 0. The number of rotatable bonds is 4. The van der Waals surface area contributed by atoms with Gasteiger partial charge in [0.25, 0.3) is 0 Å². The molecule has 2 rings (SSSR count). The van der Waals surface area contributed by atoms with Gasteiger partial charge in [-0.1, -0.05) is 24.4 Å². The first-order valence-corrected chi connectivity index (χ1v) is 7.52. The van der Waals surface area contributed by atoms with E-state index in [1.54, 1.807) is 0 Å². The van der Waals surface area contributed by atoms with Gasteiger partial charge in [0, 0.05) is 24.9 Å². The molecule has 5 heteroatoms. The first-order chi connectivity index (χ1) is 9.04. The van der Waals surface area contributed by atoms with Gasteiger partial charge in [0.1, 0.15) is 0 Å². The quantitative estimate of drug-likeness (QED) is 0.892. The Labute approximate surface area is 119 Å². The second-order valence-corrected chi connectivity index (χ2v) is 6.04. The molecule has 1 saturated carbocycles. The molecule has 19 heavy (non-hydrogen) atoms. The lowest BCUT2D eigenvalue weighted by atomic mass is 9.69. The lowest BCUT2D eigenvalue weighted by Crippen LogP contribution is -2.46. The summed E-state index contributed by atoms with van der Waals surface area (Å²) in [6.07, 6.45) is 4.41. The fourth-order valence-corrected chi connectivity index (χ4v) is 3.38. The van der Waals surface area contributed by atoms with Crippen LogP contribution in [0.1, 0.15) is 44.0 Å². The molecule has 1 aromatic heterocycles. The van der Waals surface area contributed by atoms with Crippen LogP contribution in [0, 0.1) is 12.3 Å². The number of nitrogens with two attached hydrogens (primary N) is 1. The Hall–Kier alpha value is -0.580. The van der Waals surface area contributed by atoms with Crippen molar-refractivity contribution in [2.24, 2.45) is 11.1 Å². The summed E-state index contributed by atoms with van der Waals surface area (Å²) >= 11 is 6.37. The molecule has 0 bridgehead atoms. The van der Waals surface area contributed by atoms with Crippen molar-refractivity contribution in [3.05, 3.63) is 16.4 Å². The second kappa shape index (κ2) is 5.81. The molecule has 0 aliphatic heterocycles. The van der Waals surface area contributed by atoms with Gasteiger partial charge in [0.15, 0.2) is 0 Å². The van der Waals surface area contributed by atoms with Gasteiger partial charge in [-0.3, -0.25) is 4.68 Å². The maximum atomic E-state index is 10.4. The highest BCUT2D eigenvalue weighted by Crippen LogP contribution is 2.40. The molecule has 1 heterocycles. The third-order valence-corrected chi connectivity index (χ3v) is 4.98. The van der Waals surface area contributed by atoms with Crippen LogP contribution in [0.25, 0.3) is 0 Å². The van der Waals surface area contributed by atoms with Crippen LogP contribution in [-0.4, -0.2) is 27.5 Å². The number of aryl methyl sites for hydroxylation is 2. The normalized spacial score (nSPS) is 27.7. The Morgan fingerprint density at radius 1 is 1.53 bits per heavy atom. The van der Waals surface area contributed by atoms with Gasteiger partial charge in [-0.25, -0.2) is 0 Å². The van der Waals surface area contributed by atoms with Crippen LogP contribution in [0.2, 0.25) is 5.02 Å². The summed E-state index contributed by atoms with van der Waals surface area (Å²) in [5, 5.41) is 15.6.